The van der Waals surface area contributed by atoms with Crippen LogP contribution in [0.1, 0.15) is 11.3 Å². The standard InChI is InChI=1S/C12H12N2O2/c1-8-3-2-4-9(5-8)10-7-13-14-11(10)6-12(15)16/h2-5,7H,6H2,1H3,(H,13,14)(H,15,16). The van der Waals surface area contributed by atoms with Crippen molar-refractivity contribution in [2.45, 2.75) is 13.3 Å². The van der Waals surface area contributed by atoms with Gasteiger partial charge in [-0.25, -0.2) is 0 Å². The second kappa shape index (κ2) is 4.18. The maximum Gasteiger partial charge on any atom is 0.309 e. The summed E-state index contributed by atoms with van der Waals surface area (Å²) >= 11 is 0. The number of H-pyrrole nitrogens is 1. The van der Waals surface area contributed by atoms with Gasteiger partial charge in [0, 0.05) is 5.56 Å². The largest absolute Gasteiger partial charge is 0.481 e. The molecule has 1 heterocycles. The van der Waals surface area contributed by atoms with Crippen molar-refractivity contribution >= 4 is 5.97 Å². The zero-order valence-electron chi connectivity index (χ0n) is 8.90. The molecular weight excluding hydrogens is 204 g/mol. The molecule has 0 aliphatic rings. The maximum absolute atomic E-state index is 10.7. The van der Waals surface area contributed by atoms with E-state index in [2.05, 4.69) is 10.2 Å². The van der Waals surface area contributed by atoms with Crippen molar-refractivity contribution in [3.8, 4) is 11.1 Å². The predicted molar refractivity (Wildman–Crippen MR) is 60.1 cm³/mol. The van der Waals surface area contributed by atoms with Gasteiger partial charge in [-0.1, -0.05) is 29.8 Å². The summed E-state index contributed by atoms with van der Waals surface area (Å²) in [5.74, 6) is -0.863. The Hall–Kier alpha value is -2.10. The third-order valence-electron chi connectivity index (χ3n) is 2.38. The van der Waals surface area contributed by atoms with Crippen LogP contribution in [0.3, 0.4) is 0 Å². The molecule has 0 unspecified atom stereocenters. The van der Waals surface area contributed by atoms with E-state index in [1.807, 2.05) is 31.2 Å². The van der Waals surface area contributed by atoms with Crippen molar-refractivity contribution in [3.63, 3.8) is 0 Å². The number of nitrogens with one attached hydrogen (secondary N) is 1. The van der Waals surface area contributed by atoms with Crippen molar-refractivity contribution in [2.24, 2.45) is 0 Å². The number of aromatic nitrogens is 2. The minimum absolute atomic E-state index is 0.0384. The Kier molecular flexibility index (Phi) is 2.72. The highest BCUT2D eigenvalue weighted by molar-refractivity contribution is 5.75. The molecule has 0 spiro atoms. The Bertz CT molecular complexity index is 517. The van der Waals surface area contributed by atoms with E-state index in [-0.39, 0.29) is 6.42 Å². The van der Waals surface area contributed by atoms with Gasteiger partial charge in [0.15, 0.2) is 0 Å². The normalized spacial score (nSPS) is 10.3. The van der Waals surface area contributed by atoms with E-state index >= 15 is 0 Å². The quantitative estimate of drug-likeness (QED) is 0.824. The first-order valence-corrected chi connectivity index (χ1v) is 4.98. The second-order valence-electron chi connectivity index (χ2n) is 3.70. The highest BCUT2D eigenvalue weighted by atomic mass is 16.4. The van der Waals surface area contributed by atoms with Gasteiger partial charge in [-0.05, 0) is 12.5 Å². The number of rotatable bonds is 3. The average Bonchev–Trinajstić information content (AvgIpc) is 2.65. The molecule has 2 rings (SSSR count). The van der Waals surface area contributed by atoms with E-state index in [4.69, 9.17) is 5.11 Å². The molecule has 82 valence electrons. The lowest BCUT2D eigenvalue weighted by Crippen LogP contribution is -2.01. The number of nitrogens with zero attached hydrogens (tertiary/aromatic N) is 1. The van der Waals surface area contributed by atoms with Gasteiger partial charge < -0.3 is 5.11 Å². The van der Waals surface area contributed by atoms with Gasteiger partial charge in [-0.15, -0.1) is 0 Å². The topological polar surface area (TPSA) is 66.0 Å². The molecular formula is C12H12N2O2. The summed E-state index contributed by atoms with van der Waals surface area (Å²) in [7, 11) is 0. The molecule has 2 N–H and O–H groups in total. The summed E-state index contributed by atoms with van der Waals surface area (Å²) in [4.78, 5) is 10.7. The van der Waals surface area contributed by atoms with Crippen molar-refractivity contribution in [1.29, 1.82) is 0 Å². The number of benzene rings is 1. The zero-order valence-corrected chi connectivity index (χ0v) is 8.90. The Morgan fingerprint density at radius 1 is 1.50 bits per heavy atom. The van der Waals surface area contributed by atoms with Crippen LogP contribution < -0.4 is 0 Å². The van der Waals surface area contributed by atoms with E-state index in [1.54, 1.807) is 6.20 Å². The summed E-state index contributed by atoms with van der Waals surface area (Å²) < 4.78 is 0. The van der Waals surface area contributed by atoms with Crippen LogP contribution in [0.25, 0.3) is 11.1 Å². The predicted octanol–water partition coefficient (Wildman–Crippen LogP) is 2.01. The Morgan fingerprint density at radius 3 is 3.00 bits per heavy atom. The third-order valence-corrected chi connectivity index (χ3v) is 2.38. The molecule has 2 aromatic rings. The molecule has 0 aliphatic heterocycles. The lowest BCUT2D eigenvalue weighted by atomic mass is 10.0. The van der Waals surface area contributed by atoms with Crippen molar-refractivity contribution in [2.75, 3.05) is 0 Å². The van der Waals surface area contributed by atoms with Crippen LogP contribution in [0, 0.1) is 6.92 Å². The number of aryl methyl sites for hydroxylation is 1. The zero-order chi connectivity index (χ0) is 11.5. The SMILES string of the molecule is Cc1cccc(-c2cn[nH]c2CC(=O)O)c1. The molecule has 16 heavy (non-hydrogen) atoms. The van der Waals surface area contributed by atoms with Crippen LogP contribution in [0.2, 0.25) is 0 Å². The number of aromatic amines is 1. The van der Waals surface area contributed by atoms with Gasteiger partial charge in [-0.2, -0.15) is 5.10 Å². The second-order valence-corrected chi connectivity index (χ2v) is 3.70. The Labute approximate surface area is 92.9 Å². The van der Waals surface area contributed by atoms with Crippen LogP contribution in [-0.4, -0.2) is 21.3 Å². The highest BCUT2D eigenvalue weighted by Crippen LogP contribution is 2.23. The lowest BCUT2D eigenvalue weighted by molar-refractivity contribution is -0.136. The highest BCUT2D eigenvalue weighted by Gasteiger charge is 2.10. The van der Waals surface area contributed by atoms with Crippen molar-refractivity contribution < 1.29 is 9.90 Å². The van der Waals surface area contributed by atoms with Gasteiger partial charge in [-0.3, -0.25) is 9.89 Å². The van der Waals surface area contributed by atoms with E-state index in [0.717, 1.165) is 16.7 Å². The minimum Gasteiger partial charge on any atom is -0.481 e. The molecule has 0 saturated heterocycles. The van der Waals surface area contributed by atoms with Crippen LogP contribution in [0.15, 0.2) is 30.5 Å². The molecule has 0 aliphatic carbocycles. The van der Waals surface area contributed by atoms with E-state index < -0.39 is 5.97 Å². The summed E-state index contributed by atoms with van der Waals surface area (Å²) in [6, 6.07) is 7.90. The van der Waals surface area contributed by atoms with Crippen molar-refractivity contribution in [1.82, 2.24) is 10.2 Å². The molecule has 0 atom stereocenters. The molecule has 0 fully saturated rings. The molecule has 0 saturated carbocycles. The molecule has 1 aromatic carbocycles. The molecule has 1 aromatic heterocycles. The maximum atomic E-state index is 10.7. The molecule has 0 bridgehead atoms. The average molecular weight is 216 g/mol. The van der Waals surface area contributed by atoms with Gasteiger partial charge in [0.2, 0.25) is 0 Å². The summed E-state index contributed by atoms with van der Waals surface area (Å²) in [5.41, 5.74) is 3.62. The van der Waals surface area contributed by atoms with Crippen LogP contribution in [0.4, 0.5) is 0 Å². The smallest absolute Gasteiger partial charge is 0.309 e. The monoisotopic (exact) mass is 216 g/mol. The lowest BCUT2D eigenvalue weighted by Gasteiger charge is -2.02. The molecule has 4 heteroatoms. The number of carboxylic acid groups (broad SMARTS) is 1. The molecule has 0 radical (unpaired) electrons. The van der Waals surface area contributed by atoms with E-state index in [0.29, 0.717) is 5.69 Å². The summed E-state index contributed by atoms with van der Waals surface area (Å²) in [6.07, 6.45) is 1.62. The fourth-order valence-corrected chi connectivity index (χ4v) is 1.66. The number of aliphatic carboxylic acids is 1. The van der Waals surface area contributed by atoms with Crippen molar-refractivity contribution in [3.05, 3.63) is 41.7 Å². The Balaban J connectivity index is 2.40. The van der Waals surface area contributed by atoms with E-state index in [9.17, 15) is 4.79 Å². The van der Waals surface area contributed by atoms with Crippen LogP contribution in [0.5, 0.6) is 0 Å². The molecule has 4 nitrogen and oxygen atoms in total. The third kappa shape index (κ3) is 2.11. The number of hydrogen-bond acceptors (Lipinski definition) is 2. The summed E-state index contributed by atoms with van der Waals surface area (Å²) in [6.45, 7) is 2.00. The van der Waals surface area contributed by atoms with E-state index in [1.165, 1.54) is 0 Å². The number of carbonyl (C=O) groups is 1. The van der Waals surface area contributed by atoms with Crippen LogP contribution >= 0.6 is 0 Å². The van der Waals surface area contributed by atoms with Crippen LogP contribution in [-0.2, 0) is 11.2 Å². The fourth-order valence-electron chi connectivity index (χ4n) is 1.66. The number of carboxylic acids is 1. The minimum atomic E-state index is -0.863. The van der Waals surface area contributed by atoms with Gasteiger partial charge >= 0.3 is 5.97 Å². The first kappa shape index (κ1) is 10.4. The fraction of sp³-hybridized carbons (Fsp3) is 0.167. The molecule has 0 amide bonds. The first-order chi connectivity index (χ1) is 7.66. The van der Waals surface area contributed by atoms with Gasteiger partial charge in [0.25, 0.3) is 0 Å². The van der Waals surface area contributed by atoms with Gasteiger partial charge in [0.1, 0.15) is 0 Å². The number of hydrogen-bond donors (Lipinski definition) is 2. The van der Waals surface area contributed by atoms with Gasteiger partial charge in [0.05, 0.1) is 18.3 Å². The summed E-state index contributed by atoms with van der Waals surface area (Å²) in [5, 5.41) is 15.4. The first-order valence-electron chi connectivity index (χ1n) is 4.98. The Morgan fingerprint density at radius 2 is 2.31 bits per heavy atom.